The number of nitrogens with zero attached hydrogens (tertiary/aromatic N) is 1. The third-order valence-corrected chi connectivity index (χ3v) is 0.714. The average molecular weight is 133 g/mol. The number of H-pyrrole nitrogens is 1. The van der Waals surface area contributed by atoms with Crippen LogP contribution in [0.2, 0.25) is 5.15 Å². The number of hydrogen-bond donors (Lipinski definition) is 1. The van der Waals surface area contributed by atoms with Crippen molar-refractivity contribution in [1.29, 1.82) is 0 Å². The summed E-state index contributed by atoms with van der Waals surface area (Å²) < 4.78 is 13.9. The largest absolute Gasteiger partial charge is 0.268 e. The van der Waals surface area contributed by atoms with Crippen molar-refractivity contribution in [2.24, 2.45) is 0 Å². The molecule has 0 aromatic carbocycles. The number of aromatic amines is 1. The third-order valence-electron chi connectivity index (χ3n) is 0.535. The Balaban J connectivity index is 3.49. The Morgan fingerprint density at radius 2 is 2.62 bits per heavy atom. The Bertz CT molecular complexity index is 311. The normalized spacial score (nSPS) is 12.6. The van der Waals surface area contributed by atoms with Crippen LogP contribution in [0.1, 0.15) is 2.74 Å². The van der Waals surface area contributed by atoms with Crippen molar-refractivity contribution in [3.05, 3.63) is 27.6 Å². The Morgan fingerprint density at radius 1 is 1.88 bits per heavy atom. The lowest BCUT2D eigenvalue weighted by Crippen LogP contribution is -2.03. The van der Waals surface area contributed by atoms with Crippen molar-refractivity contribution >= 4 is 11.6 Å². The second-order valence-corrected chi connectivity index (χ2v) is 1.45. The first-order chi connectivity index (χ1) is 4.63. The average Bonchev–Trinajstić information content (AvgIpc) is 1.93. The molecule has 0 unspecified atom stereocenters. The molecule has 42 valence electrons. The van der Waals surface area contributed by atoms with E-state index in [2.05, 4.69) is 5.10 Å². The zero-order valence-electron chi connectivity index (χ0n) is 5.73. The van der Waals surface area contributed by atoms with Gasteiger partial charge in [0.1, 0.15) is 5.15 Å². The fourth-order valence-corrected chi connectivity index (χ4v) is 0.354. The van der Waals surface area contributed by atoms with Crippen molar-refractivity contribution in [2.75, 3.05) is 0 Å². The van der Waals surface area contributed by atoms with E-state index < -0.39 is 11.6 Å². The highest BCUT2D eigenvalue weighted by Crippen LogP contribution is 1.94. The molecular weight excluding hydrogens is 128 g/mol. The second-order valence-electron chi connectivity index (χ2n) is 1.09. The van der Waals surface area contributed by atoms with Gasteiger partial charge in [0.25, 0.3) is 5.56 Å². The van der Waals surface area contributed by atoms with Crippen LogP contribution in [0.5, 0.6) is 0 Å². The van der Waals surface area contributed by atoms with Crippen molar-refractivity contribution in [3.63, 3.8) is 0 Å². The Hall–Kier alpha value is -0.830. The van der Waals surface area contributed by atoms with Crippen molar-refractivity contribution in [2.45, 2.75) is 0 Å². The lowest BCUT2D eigenvalue weighted by Gasteiger charge is -1.80. The van der Waals surface area contributed by atoms with Gasteiger partial charge in [-0.05, 0) is 6.04 Å². The van der Waals surface area contributed by atoms with Gasteiger partial charge in [-0.15, -0.1) is 0 Å². The highest BCUT2D eigenvalue weighted by Gasteiger charge is 1.82. The van der Waals surface area contributed by atoms with Gasteiger partial charge in [-0.2, -0.15) is 5.10 Å². The molecule has 3 nitrogen and oxygen atoms in total. The maximum absolute atomic E-state index is 10.5. The smallest absolute Gasteiger partial charge is 0.264 e. The summed E-state index contributed by atoms with van der Waals surface area (Å²) in [5.41, 5.74) is -0.700. The fraction of sp³-hybridized carbons (Fsp3) is 0. The Kier molecular flexibility index (Phi) is 0.796. The molecule has 0 saturated heterocycles. The zero-order chi connectivity index (χ0) is 7.72. The molecule has 0 atom stereocenters. The van der Waals surface area contributed by atoms with E-state index in [1.807, 2.05) is 5.10 Å². The van der Waals surface area contributed by atoms with Crippen molar-refractivity contribution in [3.8, 4) is 0 Å². The topological polar surface area (TPSA) is 45.8 Å². The van der Waals surface area contributed by atoms with Crippen LogP contribution in [0.25, 0.3) is 0 Å². The number of nitrogens with one attached hydrogen (secondary N) is 1. The molecule has 0 spiro atoms. The molecule has 1 N–H and O–H groups in total. The SMILES string of the molecule is [2H]c1c(Cl)n[nH]c(=O)c1[2H]. The van der Waals surface area contributed by atoms with Gasteiger partial charge in [-0.25, -0.2) is 5.10 Å². The van der Waals surface area contributed by atoms with Gasteiger partial charge in [0.2, 0.25) is 0 Å². The van der Waals surface area contributed by atoms with E-state index in [9.17, 15) is 4.79 Å². The molecule has 0 saturated carbocycles. The van der Waals surface area contributed by atoms with E-state index in [4.69, 9.17) is 14.3 Å². The number of aromatic nitrogens is 2. The molecule has 1 aromatic rings. The van der Waals surface area contributed by atoms with E-state index in [-0.39, 0.29) is 11.2 Å². The first-order valence-electron chi connectivity index (χ1n) is 2.84. The number of halogens is 1. The van der Waals surface area contributed by atoms with Crippen LogP contribution in [0, 0.1) is 0 Å². The maximum atomic E-state index is 10.5. The standard InChI is InChI=1S/C4H3ClN2O/c5-3-1-2-4(8)7-6-3/h1-2H,(H,7,8)/i1D,2D. The van der Waals surface area contributed by atoms with Crippen LogP contribution in [0.4, 0.5) is 0 Å². The highest BCUT2D eigenvalue weighted by atomic mass is 35.5. The molecule has 0 radical (unpaired) electrons. The molecule has 0 fully saturated rings. The van der Waals surface area contributed by atoms with E-state index in [0.29, 0.717) is 0 Å². The summed E-state index contributed by atoms with van der Waals surface area (Å²) in [4.78, 5) is 10.5. The quantitative estimate of drug-likeness (QED) is 0.556. The zero-order valence-corrected chi connectivity index (χ0v) is 4.49. The molecular formula is C4H3ClN2O. The van der Waals surface area contributed by atoms with Crippen molar-refractivity contribution in [1.82, 2.24) is 10.2 Å². The van der Waals surface area contributed by atoms with E-state index in [0.717, 1.165) is 0 Å². The molecule has 0 aliphatic carbocycles. The lowest BCUT2D eigenvalue weighted by atomic mass is 10.6. The first-order valence-corrected chi connectivity index (χ1v) is 2.22. The number of hydrogen-bond acceptors (Lipinski definition) is 2. The number of rotatable bonds is 0. The van der Waals surface area contributed by atoms with Gasteiger partial charge in [0, 0.05) is 6.04 Å². The highest BCUT2D eigenvalue weighted by molar-refractivity contribution is 6.29. The summed E-state index contributed by atoms with van der Waals surface area (Å²) in [6.07, 6.45) is 0. The minimum atomic E-state index is -0.700. The van der Waals surface area contributed by atoms with Crippen molar-refractivity contribution < 1.29 is 2.74 Å². The minimum Gasteiger partial charge on any atom is -0.268 e. The summed E-state index contributed by atoms with van der Waals surface area (Å²) in [6, 6.07) is -0.801. The summed E-state index contributed by atoms with van der Waals surface area (Å²) in [6.45, 7) is 0. The van der Waals surface area contributed by atoms with Gasteiger partial charge in [-0.3, -0.25) is 4.79 Å². The van der Waals surface area contributed by atoms with E-state index in [1.165, 1.54) is 0 Å². The fourth-order valence-electron chi connectivity index (χ4n) is 0.264. The van der Waals surface area contributed by atoms with E-state index in [1.54, 1.807) is 0 Å². The minimum absolute atomic E-state index is 0.162. The van der Waals surface area contributed by atoms with Crippen LogP contribution in [0.15, 0.2) is 16.9 Å². The summed E-state index contributed by atoms with van der Waals surface area (Å²) in [7, 11) is 0. The molecule has 1 aromatic heterocycles. The van der Waals surface area contributed by atoms with Crippen LogP contribution in [-0.2, 0) is 0 Å². The maximum Gasteiger partial charge on any atom is 0.264 e. The monoisotopic (exact) mass is 132 g/mol. The first kappa shape index (κ1) is 3.25. The Labute approximate surface area is 53.1 Å². The molecule has 0 aliphatic heterocycles. The summed E-state index contributed by atoms with van der Waals surface area (Å²) in [5.74, 6) is 0. The predicted octanol–water partition coefficient (Wildman–Crippen LogP) is 0.423. The second kappa shape index (κ2) is 1.96. The molecule has 1 rings (SSSR count). The van der Waals surface area contributed by atoms with Gasteiger partial charge in [0.15, 0.2) is 0 Å². The van der Waals surface area contributed by atoms with Crippen LogP contribution in [0.3, 0.4) is 0 Å². The van der Waals surface area contributed by atoms with Gasteiger partial charge >= 0.3 is 0 Å². The van der Waals surface area contributed by atoms with Gasteiger partial charge in [-0.1, -0.05) is 11.6 Å². The Morgan fingerprint density at radius 3 is 3.25 bits per heavy atom. The van der Waals surface area contributed by atoms with Crippen LogP contribution >= 0.6 is 11.6 Å². The molecule has 1 heterocycles. The van der Waals surface area contributed by atoms with E-state index >= 15 is 0 Å². The molecule has 0 aliphatic rings. The predicted molar refractivity (Wildman–Crippen MR) is 29.9 cm³/mol. The molecule has 0 amide bonds. The molecule has 0 bridgehead atoms. The van der Waals surface area contributed by atoms with Gasteiger partial charge in [0.05, 0.1) is 2.74 Å². The molecule has 8 heavy (non-hydrogen) atoms. The van der Waals surface area contributed by atoms with Gasteiger partial charge < -0.3 is 0 Å². The van der Waals surface area contributed by atoms with Crippen LogP contribution < -0.4 is 5.56 Å². The summed E-state index contributed by atoms with van der Waals surface area (Å²) >= 11 is 5.30. The lowest BCUT2D eigenvalue weighted by molar-refractivity contribution is 0.989. The summed E-state index contributed by atoms with van der Waals surface area (Å²) in [5, 5.41) is 5.06. The van der Waals surface area contributed by atoms with Crippen LogP contribution in [-0.4, -0.2) is 10.2 Å². The third kappa shape index (κ3) is 1.07. The molecule has 4 heteroatoms.